The number of carbonyl (C=O) groups excluding carboxylic acids is 1. The number of fused-ring (bicyclic) bond motifs is 3. The maximum Gasteiger partial charge on any atom is 0.170 e. The van der Waals surface area contributed by atoms with E-state index in [0.29, 0.717) is 10.7 Å². The summed E-state index contributed by atoms with van der Waals surface area (Å²) in [6.45, 7) is 0. The van der Waals surface area contributed by atoms with Gasteiger partial charge in [0.15, 0.2) is 6.29 Å². The average molecular weight is 315 g/mol. The summed E-state index contributed by atoms with van der Waals surface area (Å²) in [7, 11) is 0. The standard InChI is InChI=1S/C16H11ClN2OS/c17-12-3-1-2-4-14(12)19-16-10(13(9-20)18-19)5-6-15-11(16)7-8-21-15/h1-4,7-9H,5-6H2. The Balaban J connectivity index is 2.05. The Labute approximate surface area is 130 Å². The van der Waals surface area contributed by atoms with Crippen molar-refractivity contribution >= 4 is 29.2 Å². The molecule has 1 aliphatic carbocycles. The molecule has 1 aromatic carbocycles. The first kappa shape index (κ1) is 12.8. The van der Waals surface area contributed by atoms with Crippen LogP contribution in [0, 0.1) is 0 Å². The minimum Gasteiger partial charge on any atom is -0.296 e. The molecule has 3 nitrogen and oxygen atoms in total. The van der Waals surface area contributed by atoms with E-state index in [0.717, 1.165) is 36.1 Å². The number of aromatic nitrogens is 2. The largest absolute Gasteiger partial charge is 0.296 e. The van der Waals surface area contributed by atoms with Crippen LogP contribution in [-0.4, -0.2) is 16.1 Å². The molecule has 5 heteroatoms. The zero-order valence-corrected chi connectivity index (χ0v) is 12.6. The lowest BCUT2D eigenvalue weighted by atomic mass is 9.95. The van der Waals surface area contributed by atoms with E-state index in [1.165, 1.54) is 10.4 Å². The Hall–Kier alpha value is -1.91. The second kappa shape index (κ2) is 4.83. The van der Waals surface area contributed by atoms with Crippen molar-refractivity contribution in [2.75, 3.05) is 0 Å². The van der Waals surface area contributed by atoms with Gasteiger partial charge in [0.25, 0.3) is 0 Å². The van der Waals surface area contributed by atoms with Crippen molar-refractivity contribution in [2.24, 2.45) is 0 Å². The van der Waals surface area contributed by atoms with E-state index in [-0.39, 0.29) is 0 Å². The van der Waals surface area contributed by atoms with Gasteiger partial charge in [0.1, 0.15) is 5.69 Å². The summed E-state index contributed by atoms with van der Waals surface area (Å²) in [6, 6.07) is 9.67. The number of aldehydes is 1. The topological polar surface area (TPSA) is 34.9 Å². The first-order valence-corrected chi connectivity index (χ1v) is 7.94. The van der Waals surface area contributed by atoms with Crippen LogP contribution in [0.2, 0.25) is 5.02 Å². The third-order valence-electron chi connectivity index (χ3n) is 3.81. The van der Waals surface area contributed by atoms with Gasteiger partial charge in [0, 0.05) is 16.0 Å². The summed E-state index contributed by atoms with van der Waals surface area (Å²) in [5.74, 6) is 0. The van der Waals surface area contributed by atoms with Crippen molar-refractivity contribution in [2.45, 2.75) is 12.8 Å². The Morgan fingerprint density at radius 3 is 2.90 bits per heavy atom. The average Bonchev–Trinajstić information content (AvgIpc) is 3.11. The maximum atomic E-state index is 11.4. The Morgan fingerprint density at radius 1 is 1.24 bits per heavy atom. The molecule has 2 heterocycles. The SMILES string of the molecule is O=Cc1nn(-c2ccccc2Cl)c2c1CCc1sccc1-2. The van der Waals surface area contributed by atoms with E-state index < -0.39 is 0 Å². The van der Waals surface area contributed by atoms with Crippen LogP contribution in [0.1, 0.15) is 20.9 Å². The van der Waals surface area contributed by atoms with Crippen molar-refractivity contribution < 1.29 is 4.79 Å². The number of nitrogens with zero attached hydrogens (tertiary/aromatic N) is 2. The monoisotopic (exact) mass is 314 g/mol. The summed E-state index contributed by atoms with van der Waals surface area (Å²) in [5.41, 5.74) is 4.52. The molecule has 0 spiro atoms. The normalized spacial score (nSPS) is 12.8. The van der Waals surface area contributed by atoms with Gasteiger partial charge in [-0.3, -0.25) is 4.79 Å². The van der Waals surface area contributed by atoms with Crippen LogP contribution < -0.4 is 0 Å². The van der Waals surface area contributed by atoms with E-state index in [9.17, 15) is 4.79 Å². The molecule has 0 aliphatic heterocycles. The van der Waals surface area contributed by atoms with E-state index in [1.807, 2.05) is 28.9 Å². The smallest absolute Gasteiger partial charge is 0.170 e. The molecule has 2 aromatic heterocycles. The van der Waals surface area contributed by atoms with Gasteiger partial charge in [-0.2, -0.15) is 5.10 Å². The van der Waals surface area contributed by atoms with Crippen molar-refractivity contribution in [3.8, 4) is 16.9 Å². The molecule has 4 rings (SSSR count). The van der Waals surface area contributed by atoms with E-state index in [2.05, 4.69) is 16.5 Å². The highest BCUT2D eigenvalue weighted by Gasteiger charge is 2.26. The van der Waals surface area contributed by atoms with Gasteiger partial charge in [-0.15, -0.1) is 11.3 Å². The molecule has 1 aliphatic rings. The molecule has 0 fully saturated rings. The molecule has 0 radical (unpaired) electrons. The molecule has 0 saturated carbocycles. The first-order chi connectivity index (χ1) is 10.3. The molecule has 0 bridgehead atoms. The lowest BCUT2D eigenvalue weighted by Crippen LogP contribution is -2.05. The summed E-state index contributed by atoms with van der Waals surface area (Å²) >= 11 is 8.06. The summed E-state index contributed by atoms with van der Waals surface area (Å²) in [4.78, 5) is 12.7. The minimum absolute atomic E-state index is 0.516. The third kappa shape index (κ3) is 1.87. The van der Waals surface area contributed by atoms with Crippen molar-refractivity contribution in [1.82, 2.24) is 9.78 Å². The number of hydrogen-bond acceptors (Lipinski definition) is 3. The van der Waals surface area contributed by atoms with E-state index in [4.69, 9.17) is 11.6 Å². The number of carbonyl (C=O) groups is 1. The van der Waals surface area contributed by atoms with Crippen LogP contribution >= 0.6 is 22.9 Å². The predicted octanol–water partition coefficient (Wildman–Crippen LogP) is 4.17. The van der Waals surface area contributed by atoms with Crippen LogP contribution in [-0.2, 0) is 12.8 Å². The highest BCUT2D eigenvalue weighted by Crippen LogP contribution is 2.39. The second-order valence-electron chi connectivity index (χ2n) is 4.95. The third-order valence-corrected chi connectivity index (χ3v) is 5.11. The van der Waals surface area contributed by atoms with Crippen molar-refractivity contribution in [1.29, 1.82) is 0 Å². The molecule has 21 heavy (non-hydrogen) atoms. The second-order valence-corrected chi connectivity index (χ2v) is 6.36. The first-order valence-electron chi connectivity index (χ1n) is 6.68. The van der Waals surface area contributed by atoms with Gasteiger partial charge in [-0.25, -0.2) is 4.68 Å². The molecule has 0 unspecified atom stereocenters. The van der Waals surface area contributed by atoms with Crippen molar-refractivity contribution in [3.63, 3.8) is 0 Å². The lowest BCUT2D eigenvalue weighted by molar-refractivity contribution is 0.111. The molecule has 104 valence electrons. The number of halogens is 1. The van der Waals surface area contributed by atoms with Gasteiger partial charge in [0.2, 0.25) is 0 Å². The number of hydrogen-bond donors (Lipinski definition) is 0. The molecule has 0 N–H and O–H groups in total. The molecule has 0 atom stereocenters. The number of rotatable bonds is 2. The van der Waals surface area contributed by atoms with Gasteiger partial charge >= 0.3 is 0 Å². The highest BCUT2D eigenvalue weighted by molar-refractivity contribution is 7.10. The van der Waals surface area contributed by atoms with Crippen molar-refractivity contribution in [3.05, 3.63) is 56.9 Å². The van der Waals surface area contributed by atoms with Gasteiger partial charge in [-0.05, 0) is 36.4 Å². The number of benzene rings is 1. The number of thiophene rings is 1. The van der Waals surface area contributed by atoms with Gasteiger partial charge in [-0.1, -0.05) is 23.7 Å². The summed E-state index contributed by atoms with van der Waals surface area (Å²) in [6.07, 6.45) is 2.65. The molecule has 0 amide bonds. The zero-order chi connectivity index (χ0) is 14.4. The van der Waals surface area contributed by atoms with Gasteiger partial charge < -0.3 is 0 Å². The van der Waals surface area contributed by atoms with E-state index >= 15 is 0 Å². The molecule has 3 aromatic rings. The van der Waals surface area contributed by atoms with Gasteiger partial charge in [0.05, 0.1) is 16.4 Å². The van der Waals surface area contributed by atoms with Crippen LogP contribution in [0.25, 0.3) is 16.9 Å². The Morgan fingerprint density at radius 2 is 2.10 bits per heavy atom. The zero-order valence-electron chi connectivity index (χ0n) is 11.0. The fourth-order valence-corrected chi connectivity index (χ4v) is 3.96. The summed E-state index contributed by atoms with van der Waals surface area (Å²) < 4.78 is 1.81. The predicted molar refractivity (Wildman–Crippen MR) is 84.7 cm³/mol. The lowest BCUT2D eigenvalue weighted by Gasteiger charge is -2.15. The maximum absolute atomic E-state index is 11.4. The quantitative estimate of drug-likeness (QED) is 0.666. The van der Waals surface area contributed by atoms with Crippen LogP contribution in [0.4, 0.5) is 0 Å². The highest BCUT2D eigenvalue weighted by atomic mass is 35.5. The van der Waals surface area contributed by atoms with Crippen LogP contribution in [0.15, 0.2) is 35.7 Å². The number of aryl methyl sites for hydroxylation is 1. The van der Waals surface area contributed by atoms with Crippen LogP contribution in [0.3, 0.4) is 0 Å². The Kier molecular flexibility index (Phi) is 2.94. The molecule has 0 saturated heterocycles. The Bertz CT molecular complexity index is 850. The minimum atomic E-state index is 0.516. The van der Waals surface area contributed by atoms with E-state index in [1.54, 1.807) is 11.3 Å². The molecular formula is C16H11ClN2OS. The summed E-state index contributed by atoms with van der Waals surface area (Å²) in [5, 5.41) is 7.20. The number of para-hydroxylation sites is 1. The fourth-order valence-electron chi connectivity index (χ4n) is 2.87. The fraction of sp³-hybridized carbons (Fsp3) is 0.125. The molecular weight excluding hydrogens is 304 g/mol. The van der Waals surface area contributed by atoms with Crippen LogP contribution in [0.5, 0.6) is 0 Å².